The van der Waals surface area contributed by atoms with Crippen molar-refractivity contribution in [2.24, 2.45) is 10.9 Å². The summed E-state index contributed by atoms with van der Waals surface area (Å²) in [5, 5.41) is 6.59. The summed E-state index contributed by atoms with van der Waals surface area (Å²) < 4.78 is 29.9. The Morgan fingerprint density at radius 1 is 1.21 bits per heavy atom. The maximum absolute atomic E-state index is 11.0. The van der Waals surface area contributed by atoms with Crippen LogP contribution in [0.15, 0.2) is 4.99 Å². The van der Waals surface area contributed by atoms with E-state index in [1.54, 1.807) is 7.05 Å². The molecule has 8 nitrogen and oxygen atoms in total. The van der Waals surface area contributed by atoms with Crippen LogP contribution >= 0.6 is 0 Å². The average Bonchev–Trinajstić information content (AvgIpc) is 2.52. The highest BCUT2D eigenvalue weighted by molar-refractivity contribution is 7.88. The molecule has 0 spiro atoms. The van der Waals surface area contributed by atoms with Gasteiger partial charge >= 0.3 is 0 Å². The zero-order valence-corrected chi connectivity index (χ0v) is 16.2. The number of guanidine groups is 1. The molecule has 0 aromatic carbocycles. The van der Waals surface area contributed by atoms with Gasteiger partial charge in [-0.1, -0.05) is 13.8 Å². The van der Waals surface area contributed by atoms with Crippen LogP contribution in [-0.4, -0.2) is 84.6 Å². The zero-order valence-electron chi connectivity index (χ0n) is 15.3. The number of hydrogen-bond acceptors (Lipinski definition) is 5. The van der Waals surface area contributed by atoms with Crippen LogP contribution < -0.4 is 15.4 Å². The predicted molar refractivity (Wildman–Crippen MR) is 97.8 cm³/mol. The first-order valence-corrected chi connectivity index (χ1v) is 10.4. The molecule has 1 saturated heterocycles. The van der Waals surface area contributed by atoms with E-state index in [2.05, 4.69) is 39.1 Å². The zero-order chi connectivity index (χ0) is 18.0. The highest BCUT2D eigenvalue weighted by Crippen LogP contribution is 2.12. The Hall–Kier alpha value is -0.900. The van der Waals surface area contributed by atoms with E-state index in [9.17, 15) is 8.42 Å². The Balaban J connectivity index is 2.32. The van der Waals surface area contributed by atoms with Gasteiger partial charge in [0.2, 0.25) is 10.0 Å². The van der Waals surface area contributed by atoms with Crippen molar-refractivity contribution in [2.45, 2.75) is 26.3 Å². The molecule has 0 aromatic rings. The minimum absolute atomic E-state index is 0.422. The second-order valence-corrected chi connectivity index (χ2v) is 8.19. The summed E-state index contributed by atoms with van der Waals surface area (Å²) >= 11 is 0. The van der Waals surface area contributed by atoms with E-state index < -0.39 is 10.0 Å². The van der Waals surface area contributed by atoms with Gasteiger partial charge in [0, 0.05) is 45.8 Å². The van der Waals surface area contributed by atoms with Gasteiger partial charge in [0.15, 0.2) is 5.96 Å². The SMILES string of the molecule is CN=C(NCCCNS(C)(=O)=O)NCC(C(C)C)N1CCOCC1. The van der Waals surface area contributed by atoms with Gasteiger partial charge in [-0.15, -0.1) is 0 Å². The highest BCUT2D eigenvalue weighted by Gasteiger charge is 2.23. The third-order valence-electron chi connectivity index (χ3n) is 4.00. The minimum atomic E-state index is -3.11. The minimum Gasteiger partial charge on any atom is -0.379 e. The summed E-state index contributed by atoms with van der Waals surface area (Å²) in [6.07, 6.45) is 1.86. The lowest BCUT2D eigenvalue weighted by atomic mass is 10.0. The molecule has 0 bridgehead atoms. The Morgan fingerprint density at radius 3 is 2.42 bits per heavy atom. The van der Waals surface area contributed by atoms with Crippen LogP contribution in [0.5, 0.6) is 0 Å². The van der Waals surface area contributed by atoms with Crippen LogP contribution in [0.4, 0.5) is 0 Å². The maximum Gasteiger partial charge on any atom is 0.208 e. The summed E-state index contributed by atoms with van der Waals surface area (Å²) in [5.41, 5.74) is 0. The Bertz CT molecular complexity index is 476. The van der Waals surface area contributed by atoms with E-state index in [0.717, 1.165) is 38.8 Å². The largest absolute Gasteiger partial charge is 0.379 e. The third kappa shape index (κ3) is 8.81. The molecule has 1 fully saturated rings. The first-order valence-electron chi connectivity index (χ1n) is 8.54. The smallest absolute Gasteiger partial charge is 0.208 e. The molecule has 1 aliphatic heterocycles. The second-order valence-electron chi connectivity index (χ2n) is 6.36. The van der Waals surface area contributed by atoms with Gasteiger partial charge in [0.1, 0.15) is 0 Å². The number of morpholine rings is 1. The van der Waals surface area contributed by atoms with E-state index >= 15 is 0 Å². The molecule has 1 rings (SSSR count). The molecule has 0 aromatic heterocycles. The number of rotatable bonds is 9. The molecular weight excluding hydrogens is 330 g/mol. The molecule has 142 valence electrons. The van der Waals surface area contributed by atoms with Crippen molar-refractivity contribution in [1.29, 1.82) is 0 Å². The van der Waals surface area contributed by atoms with Crippen LogP contribution in [0.1, 0.15) is 20.3 Å². The van der Waals surface area contributed by atoms with E-state index in [4.69, 9.17) is 4.74 Å². The first kappa shape index (κ1) is 21.1. The lowest BCUT2D eigenvalue weighted by molar-refractivity contribution is 0.00752. The van der Waals surface area contributed by atoms with Gasteiger partial charge < -0.3 is 15.4 Å². The Kier molecular flexibility index (Phi) is 9.57. The van der Waals surface area contributed by atoms with E-state index in [0.29, 0.717) is 31.5 Å². The van der Waals surface area contributed by atoms with E-state index in [1.165, 1.54) is 6.26 Å². The van der Waals surface area contributed by atoms with Gasteiger partial charge in [0.05, 0.1) is 19.5 Å². The summed E-state index contributed by atoms with van der Waals surface area (Å²) in [5.74, 6) is 1.28. The van der Waals surface area contributed by atoms with Crippen LogP contribution in [0.2, 0.25) is 0 Å². The number of hydrogen-bond donors (Lipinski definition) is 3. The molecule has 0 aliphatic carbocycles. The summed E-state index contributed by atoms with van der Waals surface area (Å²) in [4.78, 5) is 6.69. The molecule has 1 atom stereocenters. The molecule has 1 heterocycles. The van der Waals surface area contributed by atoms with Gasteiger partial charge in [0.25, 0.3) is 0 Å². The number of sulfonamides is 1. The quantitative estimate of drug-likeness (QED) is 0.289. The number of aliphatic imine (C=N–C) groups is 1. The molecule has 0 radical (unpaired) electrons. The van der Waals surface area contributed by atoms with Crippen molar-refractivity contribution in [3.05, 3.63) is 0 Å². The number of ether oxygens (including phenoxy) is 1. The van der Waals surface area contributed by atoms with Crippen LogP contribution in [0, 0.1) is 5.92 Å². The molecule has 0 amide bonds. The molecule has 9 heteroatoms. The number of nitrogens with one attached hydrogen (secondary N) is 3. The summed E-state index contributed by atoms with van der Waals surface area (Å²) in [6, 6.07) is 0.430. The van der Waals surface area contributed by atoms with Gasteiger partial charge in [-0.3, -0.25) is 9.89 Å². The third-order valence-corrected chi connectivity index (χ3v) is 4.73. The standard InChI is InChI=1S/C15H33N5O3S/c1-13(2)14(20-8-10-23-11-9-20)12-18-15(16-3)17-6-5-7-19-24(4,21)22/h13-14,19H,5-12H2,1-4H3,(H2,16,17,18). The Morgan fingerprint density at radius 2 is 1.88 bits per heavy atom. The molecule has 1 unspecified atom stereocenters. The second kappa shape index (κ2) is 10.9. The highest BCUT2D eigenvalue weighted by atomic mass is 32.2. The fraction of sp³-hybridized carbons (Fsp3) is 0.933. The molecule has 24 heavy (non-hydrogen) atoms. The van der Waals surface area contributed by atoms with Crippen molar-refractivity contribution in [3.8, 4) is 0 Å². The van der Waals surface area contributed by atoms with Crippen LogP contribution in [-0.2, 0) is 14.8 Å². The van der Waals surface area contributed by atoms with Gasteiger partial charge in [-0.25, -0.2) is 13.1 Å². The Labute approximate surface area is 146 Å². The summed E-state index contributed by atoms with van der Waals surface area (Å²) in [7, 11) is -1.37. The average molecular weight is 364 g/mol. The fourth-order valence-electron chi connectivity index (χ4n) is 2.67. The monoisotopic (exact) mass is 363 g/mol. The van der Waals surface area contributed by atoms with Gasteiger partial charge in [-0.05, 0) is 12.3 Å². The normalized spacial score (nSPS) is 18.6. The molecule has 3 N–H and O–H groups in total. The van der Waals surface area contributed by atoms with Crippen molar-refractivity contribution >= 4 is 16.0 Å². The summed E-state index contributed by atoms with van der Waals surface area (Å²) in [6.45, 7) is 9.88. The molecule has 1 aliphatic rings. The van der Waals surface area contributed by atoms with Crippen molar-refractivity contribution in [2.75, 3.05) is 59.2 Å². The van der Waals surface area contributed by atoms with Crippen LogP contribution in [0.25, 0.3) is 0 Å². The lowest BCUT2D eigenvalue weighted by Gasteiger charge is -2.37. The van der Waals surface area contributed by atoms with Crippen molar-refractivity contribution < 1.29 is 13.2 Å². The first-order chi connectivity index (χ1) is 11.3. The lowest BCUT2D eigenvalue weighted by Crippen LogP contribution is -2.52. The van der Waals surface area contributed by atoms with E-state index in [-0.39, 0.29) is 0 Å². The van der Waals surface area contributed by atoms with Gasteiger partial charge in [-0.2, -0.15) is 0 Å². The molecular formula is C15H33N5O3S. The fourth-order valence-corrected chi connectivity index (χ4v) is 3.19. The molecule has 0 saturated carbocycles. The topological polar surface area (TPSA) is 95.1 Å². The predicted octanol–water partition coefficient (Wildman–Crippen LogP) is -0.552. The van der Waals surface area contributed by atoms with Crippen molar-refractivity contribution in [1.82, 2.24) is 20.3 Å². The van der Waals surface area contributed by atoms with Crippen LogP contribution in [0.3, 0.4) is 0 Å². The number of nitrogens with zero attached hydrogens (tertiary/aromatic N) is 2. The van der Waals surface area contributed by atoms with E-state index in [1.807, 2.05) is 0 Å². The maximum atomic E-state index is 11.0. The van der Waals surface area contributed by atoms with Crippen molar-refractivity contribution in [3.63, 3.8) is 0 Å².